The van der Waals surface area contributed by atoms with E-state index in [0.29, 0.717) is 34.0 Å². The van der Waals surface area contributed by atoms with Crippen LogP contribution in [0.2, 0.25) is 0 Å². The van der Waals surface area contributed by atoms with E-state index < -0.39 is 0 Å². The third-order valence-electron chi connectivity index (χ3n) is 4.96. The highest BCUT2D eigenvalue weighted by atomic mass is 16.3. The topological polar surface area (TPSA) is 97.1 Å². The van der Waals surface area contributed by atoms with Crippen molar-refractivity contribution in [2.75, 3.05) is 10.6 Å². The number of benzene rings is 1. The van der Waals surface area contributed by atoms with Crippen LogP contribution in [0.3, 0.4) is 0 Å². The van der Waals surface area contributed by atoms with Crippen molar-refractivity contribution < 1.29 is 14.0 Å². The first kappa shape index (κ1) is 18.1. The van der Waals surface area contributed by atoms with E-state index in [2.05, 4.69) is 20.6 Å². The summed E-state index contributed by atoms with van der Waals surface area (Å²) in [6.45, 7) is 0. The average molecular weight is 398 g/mol. The number of nitrogens with zero attached hydrogens (tertiary/aromatic N) is 2. The molecule has 0 saturated heterocycles. The maximum absolute atomic E-state index is 13.0. The molecule has 7 nitrogen and oxygen atoms in total. The van der Waals surface area contributed by atoms with Gasteiger partial charge in [0.15, 0.2) is 5.76 Å². The molecule has 148 valence electrons. The number of nitrogens with one attached hydrogen (secondary N) is 2. The predicted octanol–water partition coefficient (Wildman–Crippen LogP) is 4.49. The second-order valence-corrected chi connectivity index (χ2v) is 7.20. The number of carbonyl (C=O) groups is 2. The Morgan fingerprint density at radius 3 is 2.60 bits per heavy atom. The molecule has 1 aromatic carbocycles. The number of aromatic nitrogens is 2. The lowest BCUT2D eigenvalue weighted by Gasteiger charge is -2.10. The molecule has 1 aliphatic carbocycles. The first-order valence-electron chi connectivity index (χ1n) is 9.69. The van der Waals surface area contributed by atoms with Crippen molar-refractivity contribution in [3.8, 4) is 11.5 Å². The zero-order valence-corrected chi connectivity index (χ0v) is 16.0. The molecular formula is C23H18N4O3. The van der Waals surface area contributed by atoms with E-state index in [1.54, 1.807) is 36.6 Å². The van der Waals surface area contributed by atoms with Crippen LogP contribution in [-0.2, 0) is 4.79 Å². The Bertz CT molecular complexity index is 1230. The van der Waals surface area contributed by atoms with Crippen molar-refractivity contribution in [1.29, 1.82) is 0 Å². The summed E-state index contributed by atoms with van der Waals surface area (Å²) in [6, 6.07) is 16.1. The second-order valence-electron chi connectivity index (χ2n) is 7.20. The molecule has 3 heterocycles. The molecule has 1 fully saturated rings. The second kappa shape index (κ2) is 7.44. The molecule has 1 aliphatic rings. The smallest absolute Gasteiger partial charge is 0.256 e. The fourth-order valence-corrected chi connectivity index (χ4v) is 3.23. The third-order valence-corrected chi connectivity index (χ3v) is 4.96. The molecule has 0 aliphatic heterocycles. The van der Waals surface area contributed by atoms with Crippen LogP contribution in [0.4, 0.5) is 11.5 Å². The van der Waals surface area contributed by atoms with Gasteiger partial charge < -0.3 is 15.1 Å². The molecule has 0 spiro atoms. The Morgan fingerprint density at radius 1 is 1.00 bits per heavy atom. The van der Waals surface area contributed by atoms with Gasteiger partial charge in [0.05, 0.1) is 29.2 Å². The highest BCUT2D eigenvalue weighted by Gasteiger charge is 2.29. The molecule has 0 atom stereocenters. The van der Waals surface area contributed by atoms with Crippen LogP contribution in [-0.4, -0.2) is 21.8 Å². The molecule has 3 aromatic heterocycles. The Labute approximate surface area is 172 Å². The Balaban J connectivity index is 1.41. The molecule has 2 amide bonds. The maximum Gasteiger partial charge on any atom is 0.256 e. The van der Waals surface area contributed by atoms with Gasteiger partial charge >= 0.3 is 0 Å². The third kappa shape index (κ3) is 3.65. The van der Waals surface area contributed by atoms with Gasteiger partial charge in [-0.2, -0.15) is 0 Å². The first-order valence-corrected chi connectivity index (χ1v) is 9.69. The first-order chi connectivity index (χ1) is 14.7. The van der Waals surface area contributed by atoms with E-state index in [9.17, 15) is 9.59 Å². The van der Waals surface area contributed by atoms with E-state index in [1.807, 2.05) is 24.3 Å². The van der Waals surface area contributed by atoms with Crippen molar-refractivity contribution in [3.05, 3.63) is 72.6 Å². The molecule has 0 bridgehead atoms. The van der Waals surface area contributed by atoms with Gasteiger partial charge in [-0.25, -0.2) is 9.97 Å². The quantitative estimate of drug-likeness (QED) is 0.516. The molecule has 0 radical (unpaired) electrons. The Morgan fingerprint density at radius 2 is 1.87 bits per heavy atom. The van der Waals surface area contributed by atoms with Crippen LogP contribution >= 0.6 is 0 Å². The summed E-state index contributed by atoms with van der Waals surface area (Å²) in [5.41, 5.74) is 2.30. The summed E-state index contributed by atoms with van der Waals surface area (Å²) in [5, 5.41) is 6.39. The lowest BCUT2D eigenvalue weighted by Crippen LogP contribution is -2.15. The van der Waals surface area contributed by atoms with Crippen LogP contribution in [0.15, 0.2) is 71.5 Å². The van der Waals surface area contributed by atoms with Crippen LogP contribution in [0.5, 0.6) is 0 Å². The highest BCUT2D eigenvalue weighted by molar-refractivity contribution is 6.13. The number of hydrogen-bond donors (Lipinski definition) is 2. The van der Waals surface area contributed by atoms with E-state index >= 15 is 0 Å². The van der Waals surface area contributed by atoms with Crippen LogP contribution < -0.4 is 10.6 Å². The summed E-state index contributed by atoms with van der Waals surface area (Å²) < 4.78 is 5.45. The van der Waals surface area contributed by atoms with E-state index in [1.165, 1.54) is 6.20 Å². The normalized spacial score (nSPS) is 13.2. The largest absolute Gasteiger partial charge is 0.463 e. The van der Waals surface area contributed by atoms with E-state index in [4.69, 9.17) is 4.42 Å². The number of carbonyl (C=O) groups excluding carboxylic acids is 2. The minimum absolute atomic E-state index is 0.00648. The minimum Gasteiger partial charge on any atom is -0.463 e. The SMILES string of the molecule is O=C(Nc1ccc(NC(=O)C2CC2)nc1)c1cc(-c2ccco2)nc2ccccc12. The Hall–Kier alpha value is -4.00. The van der Waals surface area contributed by atoms with Crippen molar-refractivity contribution in [1.82, 2.24) is 9.97 Å². The van der Waals surface area contributed by atoms with Crippen molar-refractivity contribution in [2.45, 2.75) is 12.8 Å². The van der Waals surface area contributed by atoms with Gasteiger partial charge in [-0.1, -0.05) is 18.2 Å². The zero-order chi connectivity index (χ0) is 20.5. The van der Waals surface area contributed by atoms with Gasteiger partial charge in [-0.15, -0.1) is 0 Å². The number of hydrogen-bond acceptors (Lipinski definition) is 5. The summed E-state index contributed by atoms with van der Waals surface area (Å²) in [7, 11) is 0. The van der Waals surface area contributed by atoms with Crippen LogP contribution in [0, 0.1) is 5.92 Å². The van der Waals surface area contributed by atoms with Gasteiger partial charge in [0.2, 0.25) is 5.91 Å². The number of rotatable bonds is 5. The molecule has 1 saturated carbocycles. The minimum atomic E-state index is -0.280. The number of pyridine rings is 2. The molecule has 30 heavy (non-hydrogen) atoms. The molecule has 2 N–H and O–H groups in total. The van der Waals surface area contributed by atoms with Crippen molar-refractivity contribution in [2.24, 2.45) is 5.92 Å². The number of furan rings is 1. The lowest BCUT2D eigenvalue weighted by molar-refractivity contribution is -0.117. The summed E-state index contributed by atoms with van der Waals surface area (Å²) in [5.74, 6) is 0.882. The standard InChI is InChI=1S/C23H18N4O3/c28-22(14-7-8-14)27-21-10-9-15(13-24-21)25-23(29)17-12-19(20-6-3-11-30-20)26-18-5-2-1-4-16(17)18/h1-6,9-14H,7-8H2,(H,25,29)(H,24,27,28). The lowest BCUT2D eigenvalue weighted by atomic mass is 10.1. The molecule has 7 heteroatoms. The van der Waals surface area contributed by atoms with Gasteiger partial charge in [-0.05, 0) is 49.2 Å². The average Bonchev–Trinajstić information content (AvgIpc) is 3.48. The highest BCUT2D eigenvalue weighted by Crippen LogP contribution is 2.30. The molecular weight excluding hydrogens is 380 g/mol. The maximum atomic E-state index is 13.0. The summed E-state index contributed by atoms with van der Waals surface area (Å²) in [4.78, 5) is 33.7. The van der Waals surface area contributed by atoms with Crippen molar-refractivity contribution in [3.63, 3.8) is 0 Å². The number of anilines is 2. The summed E-state index contributed by atoms with van der Waals surface area (Å²) >= 11 is 0. The van der Waals surface area contributed by atoms with Crippen LogP contribution in [0.1, 0.15) is 23.2 Å². The molecule has 5 rings (SSSR count). The van der Waals surface area contributed by atoms with E-state index in [0.717, 1.165) is 18.2 Å². The number of amides is 2. The fourth-order valence-electron chi connectivity index (χ4n) is 3.23. The van der Waals surface area contributed by atoms with Crippen molar-refractivity contribution >= 4 is 34.2 Å². The van der Waals surface area contributed by atoms with Gasteiger partial charge in [0.25, 0.3) is 5.91 Å². The monoisotopic (exact) mass is 398 g/mol. The van der Waals surface area contributed by atoms with Gasteiger partial charge in [0, 0.05) is 11.3 Å². The summed E-state index contributed by atoms with van der Waals surface area (Å²) in [6.07, 6.45) is 4.96. The number of para-hydroxylation sites is 1. The van der Waals surface area contributed by atoms with Gasteiger partial charge in [0.1, 0.15) is 11.5 Å². The fraction of sp³-hybridized carbons (Fsp3) is 0.130. The Kier molecular flexibility index (Phi) is 4.48. The van der Waals surface area contributed by atoms with Crippen LogP contribution in [0.25, 0.3) is 22.4 Å². The zero-order valence-electron chi connectivity index (χ0n) is 16.0. The molecule has 0 unspecified atom stereocenters. The number of fused-ring (bicyclic) bond motifs is 1. The van der Waals surface area contributed by atoms with E-state index in [-0.39, 0.29) is 17.7 Å². The van der Waals surface area contributed by atoms with Gasteiger partial charge in [-0.3, -0.25) is 9.59 Å². The molecule has 4 aromatic rings. The predicted molar refractivity (Wildman–Crippen MR) is 113 cm³/mol.